The van der Waals surface area contributed by atoms with Gasteiger partial charge in [0.1, 0.15) is 46.4 Å². The number of rotatable bonds is 12. The maximum absolute atomic E-state index is 13.2. The van der Waals surface area contributed by atoms with Crippen LogP contribution in [0.15, 0.2) is 141 Å². The molecule has 3 saturated heterocycles. The summed E-state index contributed by atoms with van der Waals surface area (Å²) in [6.45, 7) is 40.0. The van der Waals surface area contributed by atoms with E-state index >= 15 is 0 Å². The van der Waals surface area contributed by atoms with E-state index in [2.05, 4.69) is 164 Å². The van der Waals surface area contributed by atoms with Gasteiger partial charge in [-0.25, -0.2) is 53.6 Å². The first kappa shape index (κ1) is 106. The molecule has 0 saturated carbocycles. The fourth-order valence-corrected chi connectivity index (χ4v) is 14.7. The second kappa shape index (κ2) is 46.9. The highest BCUT2D eigenvalue weighted by atomic mass is 32.2. The van der Waals surface area contributed by atoms with E-state index in [9.17, 15) is 36.4 Å². The van der Waals surface area contributed by atoms with Gasteiger partial charge in [0, 0.05) is 105 Å². The standard InChI is InChI=1S/C24H34N6O2.C15H18N6.C14H17N5.C11H21NO5S.C10H8FN3O.C8H9FN2O2.C5H8N2O.C4H6N2.2CH4/c1-16-15-29(17-10-13-28(14-11-17)22(31)32-24(5,6)7)26-19(16)20-18-9-8-12-25-21(18)30(27-20)23(2,3)4;1-10-9-21(11-4-7-16-8-5-11)20-13(10)14-12-3-2-6-17-15(12)19-18-14;1-9-8-16-17-11(9)12-10-6-5-7-15-13(10)19(18-12)14(2,3)4;1-11(2,3)16-10(13)12-7-5-9(6-8-12)17-18(4,14)15;1-6-5-13-14-8(6)9(15)7-3-2-4-12-10(7)11;1-11(13-2)8(12)6-4-3-5-10-7(6)9;1-5-2-6-7(3-5)4-8;1-4-2-5-6-3-4;;/h8-9,12,15,17H,10-11,13-14H2,1-7H3;2-3,6,9,11,16H,4-5,7-8H2,1H3,(H,17,18,19);5-8H,1-4H3,(H,16,17);9H,5-8H2,1-4H3;2-5H,1H3,(H,13,14);3-5H,1-2H3;2-3,8H,4H2,1H3;2-3H,1H3,(H,5,6);2*1H4. The number of hydrogen-bond donors (Lipinski definition) is 6. The maximum Gasteiger partial charge on any atom is 0.410 e. The van der Waals surface area contributed by atoms with Crippen LogP contribution < -0.4 is 5.32 Å². The van der Waals surface area contributed by atoms with E-state index in [1.54, 1.807) is 53.9 Å². The van der Waals surface area contributed by atoms with Crippen LogP contribution in [-0.2, 0) is 46.4 Å². The fourth-order valence-electron chi connectivity index (χ4n) is 14.0. The first-order valence-electron chi connectivity index (χ1n) is 43.2. The van der Waals surface area contributed by atoms with E-state index in [0.29, 0.717) is 56.3 Å². The van der Waals surface area contributed by atoms with Crippen LogP contribution in [0.4, 0.5) is 18.4 Å². The molecule has 0 unspecified atom stereocenters. The van der Waals surface area contributed by atoms with Crippen LogP contribution in [-0.4, -0.2) is 244 Å². The fraction of sp³-hybridized carbons (Fsp3) is 0.462. The normalized spacial score (nSPS) is 13.8. The number of halogens is 2. The minimum atomic E-state index is -3.42. The molecular formula is C93H129F2N27O11S. The van der Waals surface area contributed by atoms with Crippen molar-refractivity contribution in [2.45, 2.75) is 225 Å². The number of H-pyrrole nitrogens is 4. The summed E-state index contributed by atoms with van der Waals surface area (Å²) in [6, 6.07) is 18.4. The molecular weight excluding hydrogens is 1740 g/mol. The summed E-state index contributed by atoms with van der Waals surface area (Å²) in [5, 5.41) is 66.2. The summed E-state index contributed by atoms with van der Waals surface area (Å²) in [6.07, 6.45) is 27.7. The maximum atomic E-state index is 13.2. The van der Waals surface area contributed by atoms with Crippen molar-refractivity contribution >= 4 is 67.1 Å². The first-order chi connectivity index (χ1) is 62.4. The van der Waals surface area contributed by atoms with Gasteiger partial charge in [-0.1, -0.05) is 14.9 Å². The number of ketones is 1. The number of nitrogens with zero attached hydrogens (tertiary/aromatic N) is 22. The molecule has 14 aromatic heterocycles. The molecule has 17 rings (SSSR count). The summed E-state index contributed by atoms with van der Waals surface area (Å²) >= 11 is 0. The topological polar surface area (TPSA) is 450 Å². The van der Waals surface area contributed by atoms with Crippen LogP contribution in [0.2, 0.25) is 0 Å². The Kier molecular flexibility index (Phi) is 37.1. The second-order valence-corrected chi connectivity index (χ2v) is 37.4. The number of hydrogen-bond acceptors (Lipinski definition) is 26. The number of aliphatic hydroxyl groups is 1. The molecule has 0 aromatic carbocycles. The van der Waals surface area contributed by atoms with Gasteiger partial charge in [0.25, 0.3) is 16.0 Å². The molecule has 0 atom stereocenters. The molecule has 0 spiro atoms. The molecule has 3 aliphatic rings. The van der Waals surface area contributed by atoms with E-state index < -0.39 is 44.9 Å². The Hall–Kier alpha value is -13.3. The Morgan fingerprint density at radius 3 is 1.47 bits per heavy atom. The number of aliphatic hydroxyl groups excluding tert-OH is 1. The number of carbonyl (C=O) groups is 4. The van der Waals surface area contributed by atoms with Crippen LogP contribution in [0.25, 0.3) is 67.3 Å². The monoisotopic (exact) mass is 1870 g/mol. The lowest BCUT2D eigenvalue weighted by Crippen LogP contribution is -2.43. The van der Waals surface area contributed by atoms with E-state index in [4.69, 9.17) is 39.2 Å². The zero-order chi connectivity index (χ0) is 96.2. The number of ether oxygens (including phenoxy) is 2. The molecule has 6 N–H and O–H groups in total. The summed E-state index contributed by atoms with van der Waals surface area (Å²) in [7, 11) is -0.702. The molecule has 0 aliphatic carbocycles. The van der Waals surface area contributed by atoms with Crippen LogP contribution in [0.3, 0.4) is 0 Å². The van der Waals surface area contributed by atoms with E-state index in [1.165, 1.54) is 72.8 Å². The number of aromatic amines is 4. The Morgan fingerprint density at radius 1 is 0.530 bits per heavy atom. The van der Waals surface area contributed by atoms with Gasteiger partial charge in [0.15, 0.2) is 16.9 Å². The molecule has 3 amide bonds. The average Bonchev–Trinajstić information content (AvgIpc) is 1.61. The van der Waals surface area contributed by atoms with Crippen LogP contribution in [0, 0.1) is 53.4 Å². The molecule has 14 aromatic rings. The molecule has 3 fully saturated rings. The van der Waals surface area contributed by atoms with Gasteiger partial charge in [-0.05, 0) is 270 Å². The van der Waals surface area contributed by atoms with Crippen molar-refractivity contribution in [2.24, 2.45) is 0 Å². The summed E-state index contributed by atoms with van der Waals surface area (Å²) < 4.78 is 73.3. The average molecular weight is 1870 g/mol. The molecule has 722 valence electrons. The van der Waals surface area contributed by atoms with Crippen molar-refractivity contribution in [3.05, 3.63) is 203 Å². The minimum Gasteiger partial charge on any atom is -0.444 e. The lowest BCUT2D eigenvalue weighted by molar-refractivity contribution is -0.0760. The Morgan fingerprint density at radius 2 is 1.01 bits per heavy atom. The number of amides is 3. The van der Waals surface area contributed by atoms with Gasteiger partial charge >= 0.3 is 12.2 Å². The van der Waals surface area contributed by atoms with Crippen LogP contribution in [0.1, 0.15) is 208 Å². The molecule has 3 aliphatic heterocycles. The van der Waals surface area contributed by atoms with Gasteiger partial charge in [0.2, 0.25) is 17.7 Å². The highest BCUT2D eigenvalue weighted by Gasteiger charge is 2.33. The largest absolute Gasteiger partial charge is 0.444 e. The lowest BCUT2D eigenvalue weighted by Gasteiger charge is -2.33. The predicted molar refractivity (Wildman–Crippen MR) is 507 cm³/mol. The quantitative estimate of drug-likeness (QED) is 0.0286. The number of piperidine rings is 3. The van der Waals surface area contributed by atoms with Gasteiger partial charge in [0.05, 0.1) is 89.9 Å². The van der Waals surface area contributed by atoms with Crippen molar-refractivity contribution in [2.75, 3.05) is 59.7 Å². The third-order valence-corrected chi connectivity index (χ3v) is 21.2. The van der Waals surface area contributed by atoms with Gasteiger partial charge in [-0.2, -0.15) is 63.1 Å². The van der Waals surface area contributed by atoms with Crippen molar-refractivity contribution in [3.8, 4) is 34.2 Å². The number of pyridine rings is 5. The predicted octanol–water partition coefficient (Wildman–Crippen LogP) is 15.7. The molecule has 17 heterocycles. The Balaban J connectivity index is 0.000000195. The zero-order valence-electron chi connectivity index (χ0n) is 78.7. The van der Waals surface area contributed by atoms with Crippen molar-refractivity contribution in [3.63, 3.8) is 0 Å². The highest BCUT2D eigenvalue weighted by Crippen LogP contribution is 2.36. The number of hydroxylamine groups is 2. The van der Waals surface area contributed by atoms with Gasteiger partial charge in [-0.3, -0.25) is 48.4 Å². The molecule has 134 heavy (non-hydrogen) atoms. The number of likely N-dealkylation sites (tertiary alicyclic amines) is 2. The third-order valence-electron chi connectivity index (χ3n) is 20.6. The Labute approximate surface area is 780 Å². The van der Waals surface area contributed by atoms with Crippen molar-refractivity contribution in [1.29, 1.82) is 0 Å². The highest BCUT2D eigenvalue weighted by molar-refractivity contribution is 7.86. The van der Waals surface area contributed by atoms with Crippen LogP contribution in [0.5, 0.6) is 0 Å². The van der Waals surface area contributed by atoms with Gasteiger partial charge < -0.3 is 29.7 Å². The Bertz CT molecular complexity index is 6240. The van der Waals surface area contributed by atoms with E-state index in [1.807, 2.05) is 114 Å². The number of aromatic nitrogens is 23. The summed E-state index contributed by atoms with van der Waals surface area (Å²) in [5.74, 6) is -2.56. The first-order valence-corrected chi connectivity index (χ1v) is 45.0. The lowest BCUT2D eigenvalue weighted by atomic mass is 10.1. The molecule has 38 nitrogen and oxygen atoms in total. The molecule has 0 bridgehead atoms. The van der Waals surface area contributed by atoms with Gasteiger partial charge in [-0.15, -0.1) is 0 Å². The number of nitrogens with one attached hydrogen (secondary N) is 5. The SMILES string of the molecule is C.C.CC(C)(C)OC(=O)N1CCC(OS(C)(=O)=O)CC1.CON(C)C(=O)c1cccnc1F.Cc1cn(C2CCN(C(=O)OC(C)(C)C)CC2)nc1-c1nn(C(C)(C)C)c2ncccc12.Cc1cn(C2CCNCC2)nc1-c1[nH]nc2ncccc12.Cc1cn[nH]c1.Cc1cn[nH]c1-c1nn(C(C)(C)C)c2ncccc12.Cc1cn[nH]c1C(=O)c1cccnc1F.Cc1cnn(CO)c1. The second-order valence-electron chi connectivity index (χ2n) is 35.8. The summed E-state index contributed by atoms with van der Waals surface area (Å²) in [4.78, 5) is 75.3. The number of carbonyl (C=O) groups excluding carboxylic acids is 4. The molecule has 0 radical (unpaired) electrons. The summed E-state index contributed by atoms with van der Waals surface area (Å²) in [5.41, 5.74) is 13.2. The van der Waals surface area contributed by atoms with E-state index in [0.717, 1.165) is 134 Å². The van der Waals surface area contributed by atoms with Crippen molar-refractivity contribution in [1.82, 2.24) is 135 Å². The minimum absolute atomic E-state index is 0. The number of aryl methyl sites for hydroxylation is 6. The van der Waals surface area contributed by atoms with Crippen LogP contribution >= 0.6 is 0 Å². The third kappa shape index (κ3) is 29.1. The molecule has 41 heteroatoms. The van der Waals surface area contributed by atoms with E-state index in [-0.39, 0.29) is 68.1 Å². The van der Waals surface area contributed by atoms with Crippen molar-refractivity contribution < 1.29 is 60.0 Å². The number of fused-ring (bicyclic) bond motifs is 3. The zero-order valence-corrected chi connectivity index (χ0v) is 79.6. The smallest absolute Gasteiger partial charge is 0.410 e.